The lowest BCUT2D eigenvalue weighted by Gasteiger charge is -2.30. The van der Waals surface area contributed by atoms with Crippen LogP contribution in [0.3, 0.4) is 0 Å². The third-order valence-electron chi connectivity index (χ3n) is 5.44. The smallest absolute Gasteiger partial charge is 0.343 e. The number of fused-ring (bicyclic) bond motifs is 1. The Bertz CT molecular complexity index is 1040. The number of piperidine rings is 1. The zero-order valence-electron chi connectivity index (χ0n) is 17.1. The van der Waals surface area contributed by atoms with E-state index >= 15 is 0 Å². The molecule has 0 bridgehead atoms. The topological polar surface area (TPSA) is 75.5 Å². The van der Waals surface area contributed by atoms with Crippen LogP contribution in [0, 0.1) is 5.92 Å². The number of hydrogen-bond acceptors (Lipinski definition) is 4. The summed E-state index contributed by atoms with van der Waals surface area (Å²) in [5.74, 6) is -0.795. The van der Waals surface area contributed by atoms with Crippen molar-refractivity contribution in [2.45, 2.75) is 43.8 Å². The molecule has 30 heavy (non-hydrogen) atoms. The van der Waals surface area contributed by atoms with Crippen LogP contribution in [-0.4, -0.2) is 60.3 Å². The predicted molar refractivity (Wildman–Crippen MR) is 105 cm³/mol. The van der Waals surface area contributed by atoms with E-state index in [2.05, 4.69) is 11.9 Å². The number of imidazole rings is 1. The summed E-state index contributed by atoms with van der Waals surface area (Å²) < 4.78 is 67.2. The van der Waals surface area contributed by atoms with Crippen molar-refractivity contribution in [1.29, 1.82) is 0 Å². The predicted octanol–water partition coefficient (Wildman–Crippen LogP) is 2.95. The summed E-state index contributed by atoms with van der Waals surface area (Å²) in [5.41, 5.74) is 0.0598. The van der Waals surface area contributed by atoms with Gasteiger partial charge >= 0.3 is 6.18 Å². The molecule has 0 radical (unpaired) electrons. The molecular weight excluding hydrogens is 421 g/mol. The van der Waals surface area contributed by atoms with E-state index in [-0.39, 0.29) is 34.8 Å². The molecule has 0 atom stereocenters. The zero-order valence-corrected chi connectivity index (χ0v) is 17.9. The van der Waals surface area contributed by atoms with Crippen LogP contribution in [0.25, 0.3) is 11.0 Å². The first kappa shape index (κ1) is 22.5. The van der Waals surface area contributed by atoms with Crippen LogP contribution >= 0.6 is 0 Å². The van der Waals surface area contributed by atoms with E-state index in [0.29, 0.717) is 19.0 Å². The molecule has 1 aliphatic heterocycles. The normalized spacial score (nSPS) is 16.6. The Kier molecular flexibility index (Phi) is 6.15. The van der Waals surface area contributed by atoms with Gasteiger partial charge in [0.05, 0.1) is 15.9 Å². The minimum absolute atomic E-state index is 0.0792. The van der Waals surface area contributed by atoms with Gasteiger partial charge in [-0.25, -0.2) is 17.7 Å². The Hall–Kier alpha value is -2.14. The molecule has 1 fully saturated rings. The van der Waals surface area contributed by atoms with Gasteiger partial charge in [-0.2, -0.15) is 13.2 Å². The fourth-order valence-electron chi connectivity index (χ4n) is 3.55. The molecule has 1 saturated heterocycles. The van der Waals surface area contributed by atoms with Gasteiger partial charge in [-0.15, -0.1) is 0 Å². The lowest BCUT2D eigenvalue weighted by molar-refractivity contribution is -0.147. The Morgan fingerprint density at radius 1 is 1.23 bits per heavy atom. The van der Waals surface area contributed by atoms with Crippen molar-refractivity contribution in [3.05, 3.63) is 24.0 Å². The summed E-state index contributed by atoms with van der Waals surface area (Å²) in [5, 5.41) is 0. The van der Waals surface area contributed by atoms with Crippen molar-refractivity contribution < 1.29 is 26.4 Å². The van der Waals surface area contributed by atoms with E-state index in [0.717, 1.165) is 27.8 Å². The van der Waals surface area contributed by atoms with E-state index in [1.54, 1.807) is 4.90 Å². The Morgan fingerprint density at radius 3 is 2.43 bits per heavy atom. The fraction of sp³-hybridized carbons (Fsp3) is 0.579. The molecule has 1 amide bonds. The van der Waals surface area contributed by atoms with Crippen molar-refractivity contribution in [2.75, 3.05) is 27.2 Å². The van der Waals surface area contributed by atoms with Gasteiger partial charge in [-0.1, -0.05) is 6.92 Å². The number of rotatable bonds is 5. The van der Waals surface area contributed by atoms with Gasteiger partial charge in [-0.3, -0.25) is 4.79 Å². The second kappa shape index (κ2) is 8.18. The molecule has 2 heterocycles. The Labute approximate surface area is 173 Å². The summed E-state index contributed by atoms with van der Waals surface area (Å²) in [4.78, 5) is 17.7. The van der Waals surface area contributed by atoms with Gasteiger partial charge in [0.2, 0.25) is 21.8 Å². The number of halogens is 3. The lowest BCUT2D eigenvalue weighted by Crippen LogP contribution is -2.38. The molecule has 0 aliphatic carbocycles. The van der Waals surface area contributed by atoms with E-state index in [1.807, 2.05) is 0 Å². The third-order valence-corrected chi connectivity index (χ3v) is 7.25. The monoisotopic (exact) mass is 446 g/mol. The maximum absolute atomic E-state index is 13.6. The molecule has 0 N–H and O–H groups in total. The third kappa shape index (κ3) is 4.46. The number of carbonyl (C=O) groups excluding carboxylic acids is 1. The molecule has 1 aromatic heterocycles. The summed E-state index contributed by atoms with van der Waals surface area (Å²) >= 11 is 0. The molecule has 0 spiro atoms. The van der Waals surface area contributed by atoms with Crippen LogP contribution in [0.15, 0.2) is 23.1 Å². The maximum Gasteiger partial charge on any atom is 0.449 e. The van der Waals surface area contributed by atoms with Gasteiger partial charge < -0.3 is 9.47 Å². The highest BCUT2D eigenvalue weighted by atomic mass is 32.2. The number of benzene rings is 1. The van der Waals surface area contributed by atoms with Crippen LogP contribution in [0.5, 0.6) is 0 Å². The standard InChI is InChI=1S/C19H25F3N4O3S/c1-13-6-9-25(10-7-13)17(27)8-11-26-16-5-4-14(30(28,29)24(2)3)12-15(16)23-18(26)19(20,21)22/h4-5,12-13H,6-11H2,1-3H3. The van der Waals surface area contributed by atoms with Crippen molar-refractivity contribution in [3.63, 3.8) is 0 Å². The van der Waals surface area contributed by atoms with E-state index in [4.69, 9.17) is 0 Å². The highest BCUT2D eigenvalue weighted by molar-refractivity contribution is 7.89. The summed E-state index contributed by atoms with van der Waals surface area (Å²) in [6, 6.07) is 3.69. The van der Waals surface area contributed by atoms with Crippen LogP contribution in [0.1, 0.15) is 32.0 Å². The second-order valence-corrected chi connectivity index (χ2v) is 9.99. The van der Waals surface area contributed by atoms with Gasteiger partial charge in [-0.05, 0) is 37.0 Å². The first-order valence-electron chi connectivity index (χ1n) is 9.69. The number of likely N-dealkylation sites (tertiary alicyclic amines) is 1. The Morgan fingerprint density at radius 2 is 1.87 bits per heavy atom. The maximum atomic E-state index is 13.6. The van der Waals surface area contributed by atoms with Crippen LogP contribution in [0.2, 0.25) is 0 Å². The fourth-order valence-corrected chi connectivity index (χ4v) is 4.47. The molecule has 0 unspecified atom stereocenters. The minimum Gasteiger partial charge on any atom is -0.343 e. The quantitative estimate of drug-likeness (QED) is 0.708. The number of sulfonamides is 1. The summed E-state index contributed by atoms with van der Waals surface area (Å²) in [6.07, 6.45) is -3.04. The van der Waals surface area contributed by atoms with Gasteiger partial charge in [0.15, 0.2) is 0 Å². The van der Waals surface area contributed by atoms with Crippen molar-refractivity contribution >= 4 is 27.0 Å². The summed E-state index contributed by atoms with van der Waals surface area (Å²) in [7, 11) is -1.13. The van der Waals surface area contributed by atoms with Crippen LogP contribution in [0.4, 0.5) is 13.2 Å². The minimum atomic E-state index is -4.73. The molecule has 0 saturated carbocycles. The molecule has 7 nitrogen and oxygen atoms in total. The molecule has 11 heteroatoms. The average molecular weight is 446 g/mol. The first-order chi connectivity index (χ1) is 13.9. The van der Waals surface area contributed by atoms with E-state index < -0.39 is 22.0 Å². The highest BCUT2D eigenvalue weighted by Gasteiger charge is 2.38. The van der Waals surface area contributed by atoms with Crippen LogP contribution < -0.4 is 0 Å². The molecule has 3 rings (SSSR count). The van der Waals surface area contributed by atoms with Gasteiger partial charge in [0.25, 0.3) is 0 Å². The second-order valence-electron chi connectivity index (χ2n) is 7.84. The number of aromatic nitrogens is 2. The Balaban J connectivity index is 1.91. The van der Waals surface area contributed by atoms with Crippen molar-refractivity contribution in [1.82, 2.24) is 18.8 Å². The SMILES string of the molecule is CC1CCN(C(=O)CCn2c(C(F)(F)F)nc3cc(S(=O)(=O)N(C)C)ccc32)CC1. The van der Waals surface area contributed by atoms with E-state index in [1.165, 1.54) is 26.2 Å². The van der Waals surface area contributed by atoms with Gasteiger partial charge in [0.1, 0.15) is 0 Å². The molecular formula is C19H25F3N4O3S. The van der Waals surface area contributed by atoms with Crippen LogP contribution in [-0.2, 0) is 27.5 Å². The lowest BCUT2D eigenvalue weighted by atomic mass is 9.99. The molecule has 1 aromatic carbocycles. The number of carbonyl (C=O) groups is 1. The molecule has 166 valence electrons. The average Bonchev–Trinajstić information content (AvgIpc) is 3.04. The summed E-state index contributed by atoms with van der Waals surface area (Å²) in [6.45, 7) is 3.15. The van der Waals surface area contributed by atoms with E-state index in [9.17, 15) is 26.4 Å². The van der Waals surface area contributed by atoms with Crippen molar-refractivity contribution in [3.8, 4) is 0 Å². The number of hydrogen-bond donors (Lipinski definition) is 0. The largest absolute Gasteiger partial charge is 0.449 e. The molecule has 1 aliphatic rings. The number of amides is 1. The zero-order chi connectivity index (χ0) is 22.3. The molecule has 2 aromatic rings. The first-order valence-corrected chi connectivity index (χ1v) is 11.1. The van der Waals surface area contributed by atoms with Gasteiger partial charge in [0, 0.05) is 40.2 Å². The number of nitrogens with zero attached hydrogens (tertiary/aromatic N) is 4. The number of aryl methyl sites for hydroxylation is 1. The highest BCUT2D eigenvalue weighted by Crippen LogP contribution is 2.33. The van der Waals surface area contributed by atoms with Crippen molar-refractivity contribution in [2.24, 2.45) is 5.92 Å². The number of alkyl halides is 3.